The zero-order chi connectivity index (χ0) is 23.4. The SMILES string of the molecule is COc1ccc(C(=O)N2CCC(c3ncc(C(=O)Nc4ccc(F)cc4)c(C)n3)CC2)cn1. The van der Waals surface area contributed by atoms with Crippen molar-refractivity contribution < 1.29 is 18.7 Å². The number of hydrogen-bond donors (Lipinski definition) is 1. The molecule has 0 bridgehead atoms. The molecular formula is C24H24FN5O3. The minimum absolute atomic E-state index is 0.0616. The van der Waals surface area contributed by atoms with Gasteiger partial charge in [-0.3, -0.25) is 9.59 Å². The Bertz CT molecular complexity index is 1140. The highest BCUT2D eigenvalue weighted by atomic mass is 19.1. The Hall–Kier alpha value is -3.88. The van der Waals surface area contributed by atoms with Gasteiger partial charge in [-0.15, -0.1) is 0 Å². The molecule has 2 aromatic heterocycles. The molecule has 0 unspecified atom stereocenters. The predicted octanol–water partition coefficient (Wildman–Crippen LogP) is 3.60. The summed E-state index contributed by atoms with van der Waals surface area (Å²) >= 11 is 0. The number of nitrogens with zero attached hydrogens (tertiary/aromatic N) is 4. The molecule has 3 heterocycles. The van der Waals surface area contributed by atoms with E-state index in [4.69, 9.17) is 4.74 Å². The molecule has 1 aliphatic rings. The van der Waals surface area contributed by atoms with Crippen molar-refractivity contribution in [2.24, 2.45) is 0 Å². The van der Waals surface area contributed by atoms with Gasteiger partial charge in [0.25, 0.3) is 11.8 Å². The van der Waals surface area contributed by atoms with Crippen LogP contribution in [0.1, 0.15) is 51.0 Å². The lowest BCUT2D eigenvalue weighted by Crippen LogP contribution is -2.38. The molecule has 1 fully saturated rings. The number of aromatic nitrogens is 3. The lowest BCUT2D eigenvalue weighted by Gasteiger charge is -2.31. The first-order chi connectivity index (χ1) is 15.9. The van der Waals surface area contributed by atoms with Gasteiger partial charge in [-0.1, -0.05) is 0 Å². The highest BCUT2D eigenvalue weighted by molar-refractivity contribution is 6.04. The van der Waals surface area contributed by atoms with Gasteiger partial charge in [0.05, 0.1) is 23.9 Å². The zero-order valence-electron chi connectivity index (χ0n) is 18.4. The standard InChI is InChI=1S/C24H24FN5O3/c1-15-20(23(31)29-19-6-4-18(25)5-7-19)14-27-22(28-15)16-9-11-30(12-10-16)24(32)17-3-8-21(33-2)26-13-17/h3-8,13-14,16H,9-12H2,1-2H3,(H,29,31). The minimum atomic E-state index is -0.370. The summed E-state index contributed by atoms with van der Waals surface area (Å²) in [5.74, 6) is 0.463. The zero-order valence-corrected chi connectivity index (χ0v) is 18.4. The van der Waals surface area contributed by atoms with Crippen molar-refractivity contribution in [3.63, 3.8) is 0 Å². The summed E-state index contributed by atoms with van der Waals surface area (Å²) in [4.78, 5) is 40.2. The van der Waals surface area contributed by atoms with Gasteiger partial charge < -0.3 is 15.0 Å². The molecule has 1 aromatic carbocycles. The molecule has 0 atom stereocenters. The average Bonchev–Trinajstić information content (AvgIpc) is 2.85. The first kappa shape index (κ1) is 22.3. The second-order valence-corrected chi connectivity index (χ2v) is 7.84. The molecule has 0 spiro atoms. The summed E-state index contributed by atoms with van der Waals surface area (Å²) in [6.07, 6.45) is 4.51. The molecule has 33 heavy (non-hydrogen) atoms. The number of ether oxygens (including phenoxy) is 1. The molecule has 3 aromatic rings. The molecule has 0 saturated carbocycles. The number of carbonyl (C=O) groups excluding carboxylic acids is 2. The Kier molecular flexibility index (Phi) is 6.58. The lowest BCUT2D eigenvalue weighted by molar-refractivity contribution is 0.0710. The quantitative estimate of drug-likeness (QED) is 0.639. The van der Waals surface area contributed by atoms with E-state index in [0.717, 1.165) is 12.8 Å². The number of aryl methyl sites for hydroxylation is 1. The number of benzene rings is 1. The fraction of sp³-hybridized carbons (Fsp3) is 0.292. The van der Waals surface area contributed by atoms with E-state index >= 15 is 0 Å². The van der Waals surface area contributed by atoms with Gasteiger partial charge in [-0.25, -0.2) is 19.3 Å². The summed E-state index contributed by atoms with van der Waals surface area (Å²) in [5, 5.41) is 2.72. The second kappa shape index (κ2) is 9.72. The molecule has 4 rings (SSSR count). The van der Waals surface area contributed by atoms with Gasteiger partial charge in [-0.05, 0) is 50.1 Å². The maximum absolute atomic E-state index is 13.1. The van der Waals surface area contributed by atoms with Crippen LogP contribution in [0.3, 0.4) is 0 Å². The van der Waals surface area contributed by atoms with Gasteiger partial charge in [-0.2, -0.15) is 0 Å². The summed E-state index contributed by atoms with van der Waals surface area (Å²) in [6, 6.07) is 8.94. The van der Waals surface area contributed by atoms with E-state index in [1.165, 1.54) is 43.8 Å². The van der Waals surface area contributed by atoms with E-state index in [0.29, 0.717) is 47.3 Å². The Morgan fingerprint density at radius 1 is 1.06 bits per heavy atom. The number of halogens is 1. The third-order valence-corrected chi connectivity index (χ3v) is 5.68. The van der Waals surface area contributed by atoms with Crippen molar-refractivity contribution in [1.29, 1.82) is 0 Å². The van der Waals surface area contributed by atoms with Crippen molar-refractivity contribution in [1.82, 2.24) is 19.9 Å². The van der Waals surface area contributed by atoms with Crippen LogP contribution in [0.15, 0.2) is 48.8 Å². The van der Waals surface area contributed by atoms with Crippen LogP contribution in [0.4, 0.5) is 10.1 Å². The number of amides is 2. The van der Waals surface area contributed by atoms with Crippen molar-refractivity contribution >= 4 is 17.5 Å². The second-order valence-electron chi connectivity index (χ2n) is 7.84. The number of methoxy groups -OCH3 is 1. The monoisotopic (exact) mass is 449 g/mol. The van der Waals surface area contributed by atoms with Crippen molar-refractivity contribution in [3.8, 4) is 5.88 Å². The molecular weight excluding hydrogens is 425 g/mol. The van der Waals surface area contributed by atoms with Crippen LogP contribution in [0.25, 0.3) is 0 Å². The highest BCUT2D eigenvalue weighted by Gasteiger charge is 2.27. The van der Waals surface area contributed by atoms with Gasteiger partial charge in [0.15, 0.2) is 0 Å². The van der Waals surface area contributed by atoms with Gasteiger partial charge in [0.2, 0.25) is 5.88 Å². The third kappa shape index (κ3) is 5.14. The molecule has 1 saturated heterocycles. The number of likely N-dealkylation sites (tertiary alicyclic amines) is 1. The topological polar surface area (TPSA) is 97.3 Å². The van der Waals surface area contributed by atoms with E-state index in [9.17, 15) is 14.0 Å². The maximum Gasteiger partial charge on any atom is 0.259 e. The first-order valence-electron chi connectivity index (χ1n) is 10.6. The molecule has 0 aliphatic carbocycles. The maximum atomic E-state index is 13.1. The number of pyridine rings is 1. The molecule has 2 amide bonds. The Morgan fingerprint density at radius 3 is 2.39 bits per heavy atom. The third-order valence-electron chi connectivity index (χ3n) is 5.68. The number of piperidine rings is 1. The Morgan fingerprint density at radius 2 is 1.79 bits per heavy atom. The number of hydrogen-bond acceptors (Lipinski definition) is 6. The number of nitrogens with one attached hydrogen (secondary N) is 1. The van der Waals surface area contributed by atoms with E-state index in [-0.39, 0.29) is 23.5 Å². The fourth-order valence-corrected chi connectivity index (χ4v) is 3.79. The van der Waals surface area contributed by atoms with Crippen molar-refractivity contribution in [2.45, 2.75) is 25.7 Å². The van der Waals surface area contributed by atoms with Gasteiger partial charge in [0.1, 0.15) is 11.6 Å². The molecule has 170 valence electrons. The summed E-state index contributed by atoms with van der Waals surface area (Å²) in [7, 11) is 1.53. The van der Waals surface area contributed by atoms with E-state index < -0.39 is 0 Å². The van der Waals surface area contributed by atoms with Crippen LogP contribution in [-0.4, -0.2) is 51.9 Å². The molecule has 8 nitrogen and oxygen atoms in total. The number of anilines is 1. The average molecular weight is 449 g/mol. The lowest BCUT2D eigenvalue weighted by atomic mass is 9.95. The molecule has 9 heteroatoms. The molecule has 1 aliphatic heterocycles. The minimum Gasteiger partial charge on any atom is -0.481 e. The Labute approximate surface area is 190 Å². The van der Waals surface area contributed by atoms with Crippen LogP contribution in [0, 0.1) is 12.7 Å². The normalized spacial score (nSPS) is 14.1. The fourth-order valence-electron chi connectivity index (χ4n) is 3.79. The number of rotatable bonds is 5. The van der Waals surface area contributed by atoms with E-state index in [1.807, 2.05) is 0 Å². The smallest absolute Gasteiger partial charge is 0.259 e. The largest absolute Gasteiger partial charge is 0.481 e. The Balaban J connectivity index is 1.37. The van der Waals surface area contributed by atoms with Gasteiger partial charge >= 0.3 is 0 Å². The summed E-state index contributed by atoms with van der Waals surface area (Å²) in [6.45, 7) is 2.94. The van der Waals surface area contributed by atoms with E-state index in [1.54, 1.807) is 24.0 Å². The van der Waals surface area contributed by atoms with Crippen LogP contribution < -0.4 is 10.1 Å². The molecule has 1 N–H and O–H groups in total. The summed E-state index contributed by atoms with van der Waals surface area (Å²) in [5.41, 5.74) is 1.96. The van der Waals surface area contributed by atoms with Crippen LogP contribution in [-0.2, 0) is 0 Å². The van der Waals surface area contributed by atoms with Crippen molar-refractivity contribution in [3.05, 3.63) is 77.3 Å². The van der Waals surface area contributed by atoms with Gasteiger partial charge in [0, 0.05) is 43.2 Å². The number of carbonyl (C=O) groups is 2. The summed E-state index contributed by atoms with van der Waals surface area (Å²) < 4.78 is 18.1. The van der Waals surface area contributed by atoms with E-state index in [2.05, 4.69) is 20.3 Å². The van der Waals surface area contributed by atoms with Crippen LogP contribution in [0.5, 0.6) is 5.88 Å². The first-order valence-corrected chi connectivity index (χ1v) is 10.6. The van der Waals surface area contributed by atoms with Crippen LogP contribution >= 0.6 is 0 Å². The van der Waals surface area contributed by atoms with Crippen LogP contribution in [0.2, 0.25) is 0 Å². The molecule has 0 radical (unpaired) electrons. The predicted molar refractivity (Wildman–Crippen MR) is 120 cm³/mol. The highest BCUT2D eigenvalue weighted by Crippen LogP contribution is 2.27. The van der Waals surface area contributed by atoms with Crippen molar-refractivity contribution in [2.75, 3.05) is 25.5 Å².